The fourth-order valence-corrected chi connectivity index (χ4v) is 2.58. The first-order valence-electron chi connectivity index (χ1n) is 7.79. The summed E-state index contributed by atoms with van der Waals surface area (Å²) in [5.74, 6) is -0.538. The van der Waals surface area contributed by atoms with E-state index in [0.29, 0.717) is 13.0 Å². The Balaban J connectivity index is 1.87. The van der Waals surface area contributed by atoms with E-state index in [1.54, 1.807) is 6.92 Å². The van der Waals surface area contributed by atoms with Gasteiger partial charge in [-0.1, -0.05) is 48.0 Å². The quantitative estimate of drug-likeness (QED) is 0.771. The molecule has 0 aliphatic carbocycles. The van der Waals surface area contributed by atoms with Crippen molar-refractivity contribution in [2.24, 2.45) is 0 Å². The molecule has 2 aromatic rings. The molecule has 1 atom stereocenters. The van der Waals surface area contributed by atoms with Crippen molar-refractivity contribution in [2.45, 2.75) is 32.3 Å². The van der Waals surface area contributed by atoms with Crippen molar-refractivity contribution in [3.8, 4) is 11.1 Å². The molecule has 4 heteroatoms. The molecule has 0 aliphatic rings. The summed E-state index contributed by atoms with van der Waals surface area (Å²) in [5, 5.41) is 10.4. The van der Waals surface area contributed by atoms with E-state index in [1.807, 2.05) is 24.3 Å². The van der Waals surface area contributed by atoms with Crippen molar-refractivity contribution in [3.63, 3.8) is 0 Å². The molecule has 0 saturated heterocycles. The largest absolute Gasteiger partial charge is 0.464 e. The number of carbonyl (C=O) groups excluding carboxylic acids is 1. The molecule has 0 saturated carbocycles. The second kappa shape index (κ2) is 8.70. The van der Waals surface area contributed by atoms with Gasteiger partial charge in [0.15, 0.2) is 6.10 Å². The van der Waals surface area contributed by atoms with Gasteiger partial charge in [-0.2, -0.15) is 0 Å². The minimum absolute atomic E-state index is 0.293. The van der Waals surface area contributed by atoms with Crippen LogP contribution in [0.25, 0.3) is 11.1 Å². The van der Waals surface area contributed by atoms with Gasteiger partial charge in [-0.15, -0.1) is 0 Å². The molecule has 122 valence electrons. The SMILES string of the molecule is CCOC(=O)C(O)CCCc1ccc(-c2cccc(Cl)c2)cc1. The van der Waals surface area contributed by atoms with Crippen LogP contribution in [0.5, 0.6) is 0 Å². The highest BCUT2D eigenvalue weighted by Gasteiger charge is 2.15. The Morgan fingerprint density at radius 1 is 1.17 bits per heavy atom. The third-order valence-electron chi connectivity index (χ3n) is 3.61. The highest BCUT2D eigenvalue weighted by Crippen LogP contribution is 2.23. The monoisotopic (exact) mass is 332 g/mol. The number of hydrogen-bond acceptors (Lipinski definition) is 3. The lowest BCUT2D eigenvalue weighted by atomic mass is 10.0. The summed E-state index contributed by atoms with van der Waals surface area (Å²) in [6, 6.07) is 16.0. The molecule has 0 heterocycles. The number of aliphatic hydroxyl groups excluding tert-OH is 1. The van der Waals surface area contributed by atoms with Gasteiger partial charge in [-0.05, 0) is 55.0 Å². The lowest BCUT2D eigenvalue weighted by Gasteiger charge is -2.09. The predicted molar refractivity (Wildman–Crippen MR) is 92.5 cm³/mol. The number of esters is 1. The van der Waals surface area contributed by atoms with Gasteiger partial charge < -0.3 is 9.84 Å². The number of carbonyl (C=O) groups is 1. The fraction of sp³-hybridized carbons (Fsp3) is 0.316. The average Bonchev–Trinajstić information content (AvgIpc) is 2.55. The van der Waals surface area contributed by atoms with Crippen LogP contribution in [0.2, 0.25) is 5.02 Å². The van der Waals surface area contributed by atoms with E-state index < -0.39 is 12.1 Å². The standard InChI is InChI=1S/C19H21ClO3/c1-2-23-19(22)18(21)8-3-5-14-9-11-15(12-10-14)16-6-4-7-17(20)13-16/h4,6-7,9-13,18,21H,2-3,5,8H2,1H3. The normalized spacial score (nSPS) is 12.0. The van der Waals surface area contributed by atoms with Crippen molar-refractivity contribution in [3.05, 3.63) is 59.1 Å². The smallest absolute Gasteiger partial charge is 0.334 e. The van der Waals surface area contributed by atoms with Gasteiger partial charge >= 0.3 is 5.97 Å². The van der Waals surface area contributed by atoms with Gasteiger partial charge in [0.2, 0.25) is 0 Å². The Hall–Kier alpha value is -1.84. The Bertz CT molecular complexity index is 637. The third kappa shape index (κ3) is 5.38. The van der Waals surface area contributed by atoms with Crippen LogP contribution in [0, 0.1) is 0 Å². The van der Waals surface area contributed by atoms with Crippen LogP contribution in [0.1, 0.15) is 25.3 Å². The maximum Gasteiger partial charge on any atom is 0.334 e. The van der Waals surface area contributed by atoms with Crippen molar-refractivity contribution < 1.29 is 14.6 Å². The number of aliphatic hydroxyl groups is 1. The average molecular weight is 333 g/mol. The molecular weight excluding hydrogens is 312 g/mol. The van der Waals surface area contributed by atoms with Crippen LogP contribution >= 0.6 is 11.6 Å². The van der Waals surface area contributed by atoms with Gasteiger partial charge in [-0.25, -0.2) is 4.79 Å². The number of rotatable bonds is 7. The topological polar surface area (TPSA) is 46.5 Å². The second-order valence-electron chi connectivity index (χ2n) is 5.37. The lowest BCUT2D eigenvalue weighted by Crippen LogP contribution is -2.23. The first-order valence-corrected chi connectivity index (χ1v) is 8.17. The van der Waals surface area contributed by atoms with Crippen molar-refractivity contribution in [2.75, 3.05) is 6.61 Å². The number of hydrogen-bond donors (Lipinski definition) is 1. The second-order valence-corrected chi connectivity index (χ2v) is 5.80. The Morgan fingerprint density at radius 3 is 2.57 bits per heavy atom. The molecular formula is C19H21ClO3. The fourth-order valence-electron chi connectivity index (χ4n) is 2.39. The van der Waals surface area contributed by atoms with E-state index in [9.17, 15) is 9.90 Å². The van der Waals surface area contributed by atoms with Gasteiger partial charge in [0.25, 0.3) is 0 Å². The minimum atomic E-state index is -1.03. The minimum Gasteiger partial charge on any atom is -0.464 e. The van der Waals surface area contributed by atoms with Crippen molar-refractivity contribution in [1.29, 1.82) is 0 Å². The van der Waals surface area contributed by atoms with Crippen LogP contribution < -0.4 is 0 Å². The lowest BCUT2D eigenvalue weighted by molar-refractivity contribution is -0.153. The van der Waals surface area contributed by atoms with E-state index in [2.05, 4.69) is 24.3 Å². The van der Waals surface area contributed by atoms with Crippen LogP contribution in [0.15, 0.2) is 48.5 Å². The highest BCUT2D eigenvalue weighted by atomic mass is 35.5. The zero-order valence-electron chi connectivity index (χ0n) is 13.2. The first kappa shape index (κ1) is 17.5. The molecule has 2 aromatic carbocycles. The molecule has 1 N–H and O–H groups in total. The summed E-state index contributed by atoms with van der Waals surface area (Å²) in [4.78, 5) is 11.3. The van der Waals surface area contributed by atoms with Gasteiger partial charge in [-0.3, -0.25) is 0 Å². The van der Waals surface area contributed by atoms with E-state index in [4.69, 9.17) is 16.3 Å². The number of aryl methyl sites for hydroxylation is 1. The molecule has 1 unspecified atom stereocenters. The molecule has 0 aliphatic heterocycles. The molecule has 23 heavy (non-hydrogen) atoms. The maximum atomic E-state index is 11.3. The highest BCUT2D eigenvalue weighted by molar-refractivity contribution is 6.30. The molecule has 0 radical (unpaired) electrons. The molecule has 2 rings (SSSR count). The zero-order chi connectivity index (χ0) is 16.7. The van der Waals surface area contributed by atoms with E-state index in [1.165, 1.54) is 5.56 Å². The maximum absolute atomic E-state index is 11.3. The summed E-state index contributed by atoms with van der Waals surface area (Å²) in [5.41, 5.74) is 3.37. The molecule has 0 aromatic heterocycles. The number of halogens is 1. The molecule has 0 bridgehead atoms. The van der Waals surface area contributed by atoms with E-state index >= 15 is 0 Å². The predicted octanol–water partition coefficient (Wildman–Crippen LogP) is 4.25. The number of benzene rings is 2. The Labute approximate surface area is 141 Å². The molecule has 0 spiro atoms. The van der Waals surface area contributed by atoms with Crippen molar-refractivity contribution in [1.82, 2.24) is 0 Å². The third-order valence-corrected chi connectivity index (χ3v) is 3.85. The summed E-state index contributed by atoms with van der Waals surface area (Å²) in [7, 11) is 0. The van der Waals surface area contributed by atoms with Crippen LogP contribution in [-0.2, 0) is 16.0 Å². The molecule has 0 amide bonds. The van der Waals surface area contributed by atoms with Crippen LogP contribution in [0.3, 0.4) is 0 Å². The summed E-state index contributed by atoms with van der Waals surface area (Å²) < 4.78 is 4.78. The van der Waals surface area contributed by atoms with Gasteiger partial charge in [0.05, 0.1) is 6.61 Å². The Morgan fingerprint density at radius 2 is 1.91 bits per heavy atom. The summed E-state index contributed by atoms with van der Waals surface area (Å²) >= 11 is 6.01. The molecule has 3 nitrogen and oxygen atoms in total. The first-order chi connectivity index (χ1) is 11.1. The van der Waals surface area contributed by atoms with Crippen LogP contribution in [0.4, 0.5) is 0 Å². The van der Waals surface area contributed by atoms with E-state index in [-0.39, 0.29) is 0 Å². The van der Waals surface area contributed by atoms with Crippen molar-refractivity contribution >= 4 is 17.6 Å². The van der Waals surface area contributed by atoms with Crippen LogP contribution in [-0.4, -0.2) is 23.8 Å². The Kier molecular flexibility index (Phi) is 6.63. The number of ether oxygens (including phenoxy) is 1. The van der Waals surface area contributed by atoms with E-state index in [0.717, 1.165) is 29.0 Å². The summed E-state index contributed by atoms with van der Waals surface area (Å²) in [6.07, 6.45) is 0.929. The zero-order valence-corrected chi connectivity index (χ0v) is 13.9. The molecule has 0 fully saturated rings. The van der Waals surface area contributed by atoms with Gasteiger partial charge in [0, 0.05) is 5.02 Å². The summed E-state index contributed by atoms with van der Waals surface area (Å²) in [6.45, 7) is 2.02. The van der Waals surface area contributed by atoms with Gasteiger partial charge in [0.1, 0.15) is 0 Å².